The van der Waals surface area contributed by atoms with Crippen molar-refractivity contribution in [1.82, 2.24) is 0 Å². The molecule has 0 bridgehead atoms. The lowest BCUT2D eigenvalue weighted by molar-refractivity contribution is 0.225. The zero-order valence-corrected chi connectivity index (χ0v) is 11.1. The first-order valence-electron chi connectivity index (χ1n) is 6.67. The molecular formula is C14H30O. The van der Waals surface area contributed by atoms with E-state index >= 15 is 0 Å². The molecule has 0 saturated heterocycles. The topological polar surface area (TPSA) is 20.2 Å². The predicted octanol–water partition coefficient (Wildman–Crippen LogP) is 4.25. The Labute approximate surface area is 96.3 Å². The van der Waals surface area contributed by atoms with Gasteiger partial charge < -0.3 is 5.11 Å². The number of hydrogen-bond acceptors (Lipinski definition) is 1. The molecular weight excluding hydrogens is 184 g/mol. The van der Waals surface area contributed by atoms with E-state index < -0.39 is 0 Å². The molecule has 2 atom stereocenters. The van der Waals surface area contributed by atoms with E-state index in [9.17, 15) is 0 Å². The minimum atomic E-state index is 0.349. The summed E-state index contributed by atoms with van der Waals surface area (Å²) in [5, 5.41) is 8.90. The van der Waals surface area contributed by atoms with Crippen molar-refractivity contribution in [3.8, 4) is 0 Å². The van der Waals surface area contributed by atoms with E-state index in [0.717, 1.165) is 11.8 Å². The second-order valence-corrected chi connectivity index (χ2v) is 5.65. The Balaban J connectivity index is 3.29. The van der Waals surface area contributed by atoms with Crippen molar-refractivity contribution < 1.29 is 5.11 Å². The van der Waals surface area contributed by atoms with Crippen molar-refractivity contribution in [3.63, 3.8) is 0 Å². The summed E-state index contributed by atoms with van der Waals surface area (Å²) in [6, 6.07) is 0. The highest BCUT2D eigenvalue weighted by molar-refractivity contribution is 4.58. The zero-order chi connectivity index (χ0) is 11.7. The fourth-order valence-corrected chi connectivity index (χ4v) is 1.92. The van der Waals surface area contributed by atoms with Gasteiger partial charge in [0.2, 0.25) is 0 Å². The number of aliphatic hydroxyl groups excluding tert-OH is 1. The Morgan fingerprint density at radius 1 is 0.733 bits per heavy atom. The van der Waals surface area contributed by atoms with E-state index in [-0.39, 0.29) is 0 Å². The summed E-state index contributed by atoms with van der Waals surface area (Å²) in [7, 11) is 0. The summed E-state index contributed by atoms with van der Waals surface area (Å²) in [6.45, 7) is 9.44. The zero-order valence-electron chi connectivity index (χ0n) is 11.1. The van der Waals surface area contributed by atoms with Gasteiger partial charge in [-0.1, -0.05) is 59.8 Å². The third-order valence-corrected chi connectivity index (χ3v) is 3.18. The molecule has 2 unspecified atom stereocenters. The second-order valence-electron chi connectivity index (χ2n) is 5.65. The van der Waals surface area contributed by atoms with Gasteiger partial charge in [-0.2, -0.15) is 0 Å². The van der Waals surface area contributed by atoms with Crippen molar-refractivity contribution in [1.29, 1.82) is 0 Å². The maximum atomic E-state index is 8.90. The highest BCUT2D eigenvalue weighted by Crippen LogP contribution is 2.18. The largest absolute Gasteiger partial charge is 0.396 e. The van der Waals surface area contributed by atoms with Crippen LogP contribution in [0.2, 0.25) is 0 Å². The fourth-order valence-electron chi connectivity index (χ4n) is 1.92. The Morgan fingerprint density at radius 2 is 1.20 bits per heavy atom. The molecule has 1 heteroatoms. The number of aliphatic hydroxyl groups is 1. The molecule has 0 aliphatic rings. The molecule has 0 aromatic heterocycles. The minimum absolute atomic E-state index is 0.349. The first-order chi connectivity index (χ1) is 7.06. The molecule has 0 amide bonds. The van der Waals surface area contributed by atoms with E-state index in [1.807, 2.05) is 0 Å². The molecule has 15 heavy (non-hydrogen) atoms. The second kappa shape index (κ2) is 9.21. The van der Waals surface area contributed by atoms with Crippen molar-refractivity contribution in [3.05, 3.63) is 0 Å². The molecule has 1 N–H and O–H groups in total. The number of rotatable bonds is 9. The summed E-state index contributed by atoms with van der Waals surface area (Å²) in [6.07, 6.45) is 7.94. The molecule has 0 aromatic carbocycles. The quantitative estimate of drug-likeness (QED) is 0.608. The van der Waals surface area contributed by atoms with Crippen molar-refractivity contribution in [2.75, 3.05) is 6.61 Å². The van der Waals surface area contributed by atoms with Crippen LogP contribution in [0.4, 0.5) is 0 Å². The Hall–Kier alpha value is -0.0400. The summed E-state index contributed by atoms with van der Waals surface area (Å²) < 4.78 is 0. The third kappa shape index (κ3) is 10.2. The predicted molar refractivity (Wildman–Crippen MR) is 68.0 cm³/mol. The van der Waals surface area contributed by atoms with E-state index in [1.165, 1.54) is 38.5 Å². The maximum Gasteiger partial charge on any atom is 0.0456 e. The Kier molecular flexibility index (Phi) is 9.18. The average Bonchev–Trinajstić information content (AvgIpc) is 2.17. The van der Waals surface area contributed by atoms with Crippen LogP contribution in [0, 0.1) is 17.8 Å². The van der Waals surface area contributed by atoms with Gasteiger partial charge in [-0.25, -0.2) is 0 Å². The molecule has 0 aliphatic heterocycles. The molecule has 0 saturated carbocycles. The summed E-state index contributed by atoms with van der Waals surface area (Å²) in [4.78, 5) is 0. The van der Waals surface area contributed by atoms with Gasteiger partial charge in [0.05, 0.1) is 0 Å². The van der Waals surface area contributed by atoms with Gasteiger partial charge in [0.25, 0.3) is 0 Å². The van der Waals surface area contributed by atoms with E-state index in [1.54, 1.807) is 0 Å². The van der Waals surface area contributed by atoms with Crippen molar-refractivity contribution >= 4 is 0 Å². The van der Waals surface area contributed by atoms with Gasteiger partial charge in [0.1, 0.15) is 0 Å². The van der Waals surface area contributed by atoms with Crippen LogP contribution in [0.25, 0.3) is 0 Å². The molecule has 0 fully saturated rings. The lowest BCUT2D eigenvalue weighted by atomic mass is 9.94. The first kappa shape index (κ1) is 15.0. The van der Waals surface area contributed by atoms with Crippen LogP contribution in [0.5, 0.6) is 0 Å². The van der Waals surface area contributed by atoms with Gasteiger partial charge in [-0.05, 0) is 24.2 Å². The molecule has 0 rings (SSSR count). The molecule has 0 aromatic rings. The van der Waals surface area contributed by atoms with Gasteiger partial charge in [-0.3, -0.25) is 0 Å². The smallest absolute Gasteiger partial charge is 0.0456 e. The van der Waals surface area contributed by atoms with E-state index in [4.69, 9.17) is 5.11 Å². The van der Waals surface area contributed by atoms with E-state index in [2.05, 4.69) is 27.7 Å². The van der Waals surface area contributed by atoms with Crippen LogP contribution in [0.15, 0.2) is 0 Å². The minimum Gasteiger partial charge on any atom is -0.396 e. The van der Waals surface area contributed by atoms with Gasteiger partial charge in [0, 0.05) is 6.61 Å². The Morgan fingerprint density at radius 3 is 1.67 bits per heavy atom. The lowest BCUT2D eigenvalue weighted by Gasteiger charge is -2.13. The standard InChI is InChI=1S/C14H30O/c1-12(2)7-5-8-13(3)9-6-10-14(4)11-15/h12-15H,5-11H2,1-4H3. The van der Waals surface area contributed by atoms with Crippen molar-refractivity contribution in [2.45, 2.75) is 66.2 Å². The third-order valence-electron chi connectivity index (χ3n) is 3.18. The van der Waals surface area contributed by atoms with Gasteiger partial charge in [0.15, 0.2) is 0 Å². The highest BCUT2D eigenvalue weighted by atomic mass is 16.3. The van der Waals surface area contributed by atoms with Crippen LogP contribution in [-0.4, -0.2) is 11.7 Å². The fraction of sp³-hybridized carbons (Fsp3) is 1.00. The van der Waals surface area contributed by atoms with Gasteiger partial charge >= 0.3 is 0 Å². The van der Waals surface area contributed by atoms with E-state index in [0.29, 0.717) is 12.5 Å². The first-order valence-corrected chi connectivity index (χ1v) is 6.67. The van der Waals surface area contributed by atoms with Crippen LogP contribution in [-0.2, 0) is 0 Å². The number of hydrogen-bond donors (Lipinski definition) is 1. The average molecular weight is 214 g/mol. The van der Waals surface area contributed by atoms with Crippen LogP contribution < -0.4 is 0 Å². The van der Waals surface area contributed by atoms with Crippen molar-refractivity contribution in [2.24, 2.45) is 17.8 Å². The molecule has 0 radical (unpaired) electrons. The normalized spacial score (nSPS) is 15.6. The van der Waals surface area contributed by atoms with Crippen LogP contribution in [0.3, 0.4) is 0 Å². The molecule has 0 heterocycles. The Bertz CT molecular complexity index is 131. The van der Waals surface area contributed by atoms with Crippen LogP contribution >= 0.6 is 0 Å². The summed E-state index contributed by atoms with van der Waals surface area (Å²) in [5.41, 5.74) is 0. The summed E-state index contributed by atoms with van der Waals surface area (Å²) >= 11 is 0. The van der Waals surface area contributed by atoms with Gasteiger partial charge in [-0.15, -0.1) is 0 Å². The monoisotopic (exact) mass is 214 g/mol. The molecule has 1 nitrogen and oxygen atoms in total. The summed E-state index contributed by atoms with van der Waals surface area (Å²) in [5.74, 6) is 2.22. The van der Waals surface area contributed by atoms with Crippen LogP contribution in [0.1, 0.15) is 66.2 Å². The lowest BCUT2D eigenvalue weighted by Crippen LogP contribution is -2.02. The highest BCUT2D eigenvalue weighted by Gasteiger charge is 2.05. The molecule has 0 aliphatic carbocycles. The molecule has 0 spiro atoms. The molecule has 92 valence electrons. The SMILES string of the molecule is CC(C)CCCC(C)CCCC(C)CO. The maximum absolute atomic E-state index is 8.90.